The topological polar surface area (TPSA) is 40.5 Å². The van der Waals surface area contributed by atoms with E-state index in [-0.39, 0.29) is 18.8 Å². The van der Waals surface area contributed by atoms with Gasteiger partial charge in [0.15, 0.2) is 0 Å². The van der Waals surface area contributed by atoms with Crippen molar-refractivity contribution in [3.63, 3.8) is 0 Å². The molecule has 0 heterocycles. The van der Waals surface area contributed by atoms with Gasteiger partial charge in [0.05, 0.1) is 6.42 Å². The van der Waals surface area contributed by atoms with Gasteiger partial charge < -0.3 is 10.0 Å². The van der Waals surface area contributed by atoms with Crippen LogP contribution in [0.2, 0.25) is 0 Å². The Balaban J connectivity index is 0. The van der Waals surface area contributed by atoms with E-state index < -0.39 is 5.97 Å². The van der Waals surface area contributed by atoms with Crippen LogP contribution in [0.5, 0.6) is 0 Å². The van der Waals surface area contributed by atoms with Crippen LogP contribution in [0, 0.1) is 0 Å². The molecule has 0 saturated carbocycles. The Bertz CT molecular complexity index is 109. The number of hydrogen-bond acceptors (Lipinski definition) is 2. The number of carboxylic acids is 1. The molecule has 0 aliphatic rings. The summed E-state index contributed by atoms with van der Waals surface area (Å²) in [6.45, 7) is 3.72. The van der Waals surface area contributed by atoms with E-state index in [1.54, 1.807) is 0 Å². The summed E-state index contributed by atoms with van der Waals surface area (Å²) in [4.78, 5) is 12.1. The predicted octanol–water partition coefficient (Wildman–Crippen LogP) is 1.22. The SMILES string of the molecule is CCCN(C)CCC(=O)O.Cl. The third kappa shape index (κ3) is 9.72. The van der Waals surface area contributed by atoms with Crippen molar-refractivity contribution < 1.29 is 9.90 Å². The highest BCUT2D eigenvalue weighted by Gasteiger charge is 1.99. The number of carbonyl (C=O) groups is 1. The van der Waals surface area contributed by atoms with E-state index >= 15 is 0 Å². The molecule has 4 heteroatoms. The molecule has 0 aliphatic carbocycles. The minimum absolute atomic E-state index is 0. The Morgan fingerprint density at radius 3 is 2.36 bits per heavy atom. The molecule has 0 fully saturated rings. The van der Waals surface area contributed by atoms with Gasteiger partial charge >= 0.3 is 5.97 Å². The van der Waals surface area contributed by atoms with Crippen molar-refractivity contribution in [2.24, 2.45) is 0 Å². The van der Waals surface area contributed by atoms with Gasteiger partial charge in [-0.15, -0.1) is 12.4 Å². The standard InChI is InChI=1S/C7H15NO2.ClH/c1-3-5-8(2)6-4-7(9)10;/h3-6H2,1-2H3,(H,9,10);1H. The number of carboxylic acid groups (broad SMARTS) is 1. The molecule has 0 unspecified atom stereocenters. The predicted molar refractivity (Wildman–Crippen MR) is 47.3 cm³/mol. The normalized spacial score (nSPS) is 9.36. The quantitative estimate of drug-likeness (QED) is 0.694. The molecule has 0 rings (SSSR count). The van der Waals surface area contributed by atoms with Crippen molar-refractivity contribution >= 4 is 18.4 Å². The molecule has 0 amide bonds. The fourth-order valence-electron chi connectivity index (χ4n) is 0.780. The number of rotatable bonds is 5. The van der Waals surface area contributed by atoms with Crippen molar-refractivity contribution in [3.8, 4) is 0 Å². The zero-order valence-electron chi connectivity index (χ0n) is 7.04. The number of halogens is 1. The molecule has 3 nitrogen and oxygen atoms in total. The lowest BCUT2D eigenvalue weighted by Crippen LogP contribution is -2.22. The summed E-state index contributed by atoms with van der Waals surface area (Å²) in [7, 11) is 1.94. The van der Waals surface area contributed by atoms with Crippen LogP contribution in [0.15, 0.2) is 0 Å². The zero-order valence-corrected chi connectivity index (χ0v) is 7.86. The van der Waals surface area contributed by atoms with Crippen LogP contribution in [-0.2, 0) is 4.79 Å². The first-order chi connectivity index (χ1) is 4.66. The van der Waals surface area contributed by atoms with Gasteiger partial charge in [-0.05, 0) is 20.0 Å². The second-order valence-corrected chi connectivity index (χ2v) is 2.45. The first-order valence-corrected chi connectivity index (χ1v) is 3.57. The Kier molecular flexibility index (Phi) is 9.47. The molecule has 0 aromatic heterocycles. The lowest BCUT2D eigenvalue weighted by Gasteiger charge is -2.12. The van der Waals surface area contributed by atoms with Gasteiger partial charge in [-0.1, -0.05) is 6.92 Å². The van der Waals surface area contributed by atoms with Crippen LogP contribution in [0.3, 0.4) is 0 Å². The van der Waals surface area contributed by atoms with Crippen LogP contribution < -0.4 is 0 Å². The molecule has 68 valence electrons. The third-order valence-electron chi connectivity index (χ3n) is 1.31. The Hall–Kier alpha value is -0.280. The highest BCUT2D eigenvalue weighted by atomic mass is 35.5. The minimum Gasteiger partial charge on any atom is -0.481 e. The van der Waals surface area contributed by atoms with E-state index in [2.05, 4.69) is 6.92 Å². The van der Waals surface area contributed by atoms with Crippen molar-refractivity contribution in [2.75, 3.05) is 20.1 Å². The fraction of sp³-hybridized carbons (Fsp3) is 0.857. The zero-order chi connectivity index (χ0) is 7.98. The average Bonchev–Trinajstić information content (AvgIpc) is 1.85. The summed E-state index contributed by atoms with van der Waals surface area (Å²) in [5.74, 6) is -0.719. The van der Waals surface area contributed by atoms with Gasteiger partial charge in [-0.2, -0.15) is 0 Å². The molecular formula is C7H16ClNO2. The molecule has 0 aromatic carbocycles. The molecule has 0 atom stereocenters. The maximum absolute atomic E-state index is 10.1. The molecule has 1 N–H and O–H groups in total. The highest BCUT2D eigenvalue weighted by molar-refractivity contribution is 5.85. The van der Waals surface area contributed by atoms with Gasteiger partial charge in [0.1, 0.15) is 0 Å². The largest absolute Gasteiger partial charge is 0.481 e. The first-order valence-electron chi connectivity index (χ1n) is 3.57. The smallest absolute Gasteiger partial charge is 0.304 e. The molecular weight excluding hydrogens is 166 g/mol. The molecule has 0 radical (unpaired) electrons. The van der Waals surface area contributed by atoms with E-state index in [1.807, 2.05) is 11.9 Å². The van der Waals surface area contributed by atoms with Crippen molar-refractivity contribution in [2.45, 2.75) is 19.8 Å². The maximum atomic E-state index is 10.1. The van der Waals surface area contributed by atoms with Crippen LogP contribution in [0.25, 0.3) is 0 Å². The van der Waals surface area contributed by atoms with Crippen LogP contribution in [0.4, 0.5) is 0 Å². The highest BCUT2D eigenvalue weighted by Crippen LogP contribution is 1.88. The number of aliphatic carboxylic acids is 1. The molecule has 0 bridgehead atoms. The summed E-state index contributed by atoms with van der Waals surface area (Å²) >= 11 is 0. The Morgan fingerprint density at radius 1 is 1.45 bits per heavy atom. The van der Waals surface area contributed by atoms with Gasteiger partial charge in [-0.3, -0.25) is 4.79 Å². The number of hydrogen-bond donors (Lipinski definition) is 1. The Labute approximate surface area is 73.8 Å². The average molecular weight is 182 g/mol. The molecule has 11 heavy (non-hydrogen) atoms. The summed E-state index contributed by atoms with van der Waals surface area (Å²) in [6, 6.07) is 0. The summed E-state index contributed by atoms with van der Waals surface area (Å²) < 4.78 is 0. The minimum atomic E-state index is -0.719. The van der Waals surface area contributed by atoms with Crippen LogP contribution in [0.1, 0.15) is 19.8 Å². The second-order valence-electron chi connectivity index (χ2n) is 2.45. The van der Waals surface area contributed by atoms with E-state index in [9.17, 15) is 4.79 Å². The van der Waals surface area contributed by atoms with Crippen molar-refractivity contribution in [1.82, 2.24) is 4.90 Å². The van der Waals surface area contributed by atoms with E-state index in [0.29, 0.717) is 6.54 Å². The van der Waals surface area contributed by atoms with Crippen molar-refractivity contribution in [3.05, 3.63) is 0 Å². The Morgan fingerprint density at radius 2 is 2.00 bits per heavy atom. The summed E-state index contributed by atoms with van der Waals surface area (Å²) in [5.41, 5.74) is 0. The maximum Gasteiger partial charge on any atom is 0.304 e. The first kappa shape index (κ1) is 13.3. The van der Waals surface area contributed by atoms with Crippen LogP contribution in [-0.4, -0.2) is 36.1 Å². The number of nitrogens with zero attached hydrogens (tertiary/aromatic N) is 1. The monoisotopic (exact) mass is 181 g/mol. The second kappa shape index (κ2) is 7.82. The third-order valence-corrected chi connectivity index (χ3v) is 1.31. The summed E-state index contributed by atoms with van der Waals surface area (Å²) in [5, 5.41) is 8.30. The van der Waals surface area contributed by atoms with Gasteiger partial charge in [-0.25, -0.2) is 0 Å². The van der Waals surface area contributed by atoms with Crippen LogP contribution >= 0.6 is 12.4 Å². The van der Waals surface area contributed by atoms with E-state index in [4.69, 9.17) is 5.11 Å². The van der Waals surface area contributed by atoms with Gasteiger partial charge in [0.25, 0.3) is 0 Å². The van der Waals surface area contributed by atoms with Gasteiger partial charge in [0.2, 0.25) is 0 Å². The molecule has 0 saturated heterocycles. The summed E-state index contributed by atoms with van der Waals surface area (Å²) in [6.07, 6.45) is 1.33. The fourth-order valence-corrected chi connectivity index (χ4v) is 0.780. The van der Waals surface area contributed by atoms with E-state index in [0.717, 1.165) is 13.0 Å². The lowest BCUT2D eigenvalue weighted by molar-refractivity contribution is -0.137. The molecule has 0 spiro atoms. The lowest BCUT2D eigenvalue weighted by atomic mass is 10.4. The van der Waals surface area contributed by atoms with Gasteiger partial charge in [0, 0.05) is 6.54 Å². The van der Waals surface area contributed by atoms with E-state index in [1.165, 1.54) is 0 Å². The molecule has 0 aliphatic heterocycles. The van der Waals surface area contributed by atoms with Crippen molar-refractivity contribution in [1.29, 1.82) is 0 Å². The molecule has 0 aromatic rings.